The molecule has 0 aliphatic rings. The second-order valence-electron chi connectivity index (χ2n) is 4.16. The van der Waals surface area contributed by atoms with Crippen LogP contribution in [0.3, 0.4) is 0 Å². The molecule has 17 heavy (non-hydrogen) atoms. The van der Waals surface area contributed by atoms with Gasteiger partial charge in [0.1, 0.15) is 10.5 Å². The Morgan fingerprint density at radius 1 is 1.41 bits per heavy atom. The molecule has 5 nitrogen and oxygen atoms in total. The molecule has 2 aromatic heterocycles. The number of fused-ring (bicyclic) bond motifs is 1. The molecule has 0 saturated heterocycles. The predicted molar refractivity (Wildman–Crippen MR) is 71.0 cm³/mol. The number of aromatic nitrogens is 4. The van der Waals surface area contributed by atoms with E-state index in [1.165, 1.54) is 0 Å². The van der Waals surface area contributed by atoms with Crippen molar-refractivity contribution in [2.45, 2.75) is 44.0 Å². The minimum Gasteiger partial charge on any atom is -0.368 e. The van der Waals surface area contributed by atoms with Gasteiger partial charge < -0.3 is 10.3 Å². The highest BCUT2D eigenvalue weighted by Gasteiger charge is 2.13. The molecule has 2 rings (SSSR count). The molecule has 0 fully saturated rings. The zero-order valence-corrected chi connectivity index (χ0v) is 11.2. The first-order chi connectivity index (χ1) is 8.11. The molecule has 0 aliphatic carbocycles. The SMILES string of the molecule is CCCn1cnc2c(SC(C)C)nc(N)nc21. The molecule has 0 amide bonds. The minimum absolute atomic E-state index is 0.318. The molecule has 0 radical (unpaired) electrons. The van der Waals surface area contributed by atoms with Crippen molar-refractivity contribution in [2.75, 3.05) is 5.73 Å². The van der Waals surface area contributed by atoms with E-state index in [0.29, 0.717) is 11.2 Å². The summed E-state index contributed by atoms with van der Waals surface area (Å²) < 4.78 is 2.03. The maximum atomic E-state index is 5.75. The van der Waals surface area contributed by atoms with E-state index in [1.807, 2.05) is 10.9 Å². The van der Waals surface area contributed by atoms with Gasteiger partial charge in [-0.1, -0.05) is 20.8 Å². The van der Waals surface area contributed by atoms with Gasteiger partial charge in [-0.2, -0.15) is 4.98 Å². The van der Waals surface area contributed by atoms with Crippen LogP contribution in [0.4, 0.5) is 5.95 Å². The molecule has 6 heteroatoms. The Kier molecular flexibility index (Phi) is 3.51. The molecule has 0 aliphatic heterocycles. The number of nitrogens with zero attached hydrogens (tertiary/aromatic N) is 4. The van der Waals surface area contributed by atoms with Crippen LogP contribution in [0.15, 0.2) is 11.4 Å². The summed E-state index contributed by atoms with van der Waals surface area (Å²) in [5.41, 5.74) is 7.44. The van der Waals surface area contributed by atoms with Gasteiger partial charge in [0, 0.05) is 11.8 Å². The molecule has 0 saturated carbocycles. The topological polar surface area (TPSA) is 69.6 Å². The largest absolute Gasteiger partial charge is 0.368 e. The van der Waals surface area contributed by atoms with Crippen molar-refractivity contribution in [3.63, 3.8) is 0 Å². The summed E-state index contributed by atoms with van der Waals surface area (Å²) in [6.45, 7) is 7.27. The average Bonchev–Trinajstić information content (AvgIpc) is 2.61. The number of anilines is 1. The fourth-order valence-electron chi connectivity index (χ4n) is 1.64. The molecule has 0 aromatic carbocycles. The van der Waals surface area contributed by atoms with E-state index in [0.717, 1.165) is 29.2 Å². The monoisotopic (exact) mass is 251 g/mol. The van der Waals surface area contributed by atoms with Crippen molar-refractivity contribution in [2.24, 2.45) is 0 Å². The molecule has 0 bridgehead atoms. The third-order valence-electron chi connectivity index (χ3n) is 2.26. The number of rotatable bonds is 4. The van der Waals surface area contributed by atoms with Crippen molar-refractivity contribution in [3.8, 4) is 0 Å². The zero-order valence-electron chi connectivity index (χ0n) is 10.3. The normalized spacial score (nSPS) is 11.5. The number of hydrogen-bond acceptors (Lipinski definition) is 5. The van der Waals surface area contributed by atoms with Crippen molar-refractivity contribution in [1.29, 1.82) is 0 Å². The first kappa shape index (κ1) is 12.2. The van der Waals surface area contributed by atoms with Gasteiger partial charge >= 0.3 is 0 Å². The second kappa shape index (κ2) is 4.91. The molecule has 2 aromatic rings. The summed E-state index contributed by atoms with van der Waals surface area (Å²) in [5.74, 6) is 0.318. The van der Waals surface area contributed by atoms with Gasteiger partial charge in [0.2, 0.25) is 5.95 Å². The van der Waals surface area contributed by atoms with E-state index in [2.05, 4.69) is 35.7 Å². The van der Waals surface area contributed by atoms with Crippen LogP contribution in [0, 0.1) is 0 Å². The third kappa shape index (κ3) is 2.52. The van der Waals surface area contributed by atoms with Crippen LogP contribution in [0.5, 0.6) is 0 Å². The quantitative estimate of drug-likeness (QED) is 0.667. The summed E-state index contributed by atoms with van der Waals surface area (Å²) in [6, 6.07) is 0. The van der Waals surface area contributed by atoms with E-state index in [4.69, 9.17) is 5.73 Å². The summed E-state index contributed by atoms with van der Waals surface area (Å²) in [7, 11) is 0. The zero-order chi connectivity index (χ0) is 12.4. The number of hydrogen-bond donors (Lipinski definition) is 1. The van der Waals surface area contributed by atoms with Crippen LogP contribution >= 0.6 is 11.8 Å². The third-order valence-corrected chi connectivity index (χ3v) is 3.24. The maximum absolute atomic E-state index is 5.75. The van der Waals surface area contributed by atoms with Gasteiger partial charge in [0.15, 0.2) is 5.65 Å². The van der Waals surface area contributed by atoms with Gasteiger partial charge in [-0.3, -0.25) is 0 Å². The van der Waals surface area contributed by atoms with Gasteiger partial charge in [-0.15, -0.1) is 11.8 Å². The number of aryl methyl sites for hydroxylation is 1. The van der Waals surface area contributed by atoms with Crippen molar-refractivity contribution >= 4 is 28.9 Å². The van der Waals surface area contributed by atoms with Crippen molar-refractivity contribution < 1.29 is 0 Å². The molecule has 0 unspecified atom stereocenters. The molecule has 0 spiro atoms. The van der Waals surface area contributed by atoms with Crippen LogP contribution in [0.1, 0.15) is 27.2 Å². The van der Waals surface area contributed by atoms with E-state index in [-0.39, 0.29) is 0 Å². The molecule has 92 valence electrons. The highest BCUT2D eigenvalue weighted by Crippen LogP contribution is 2.27. The predicted octanol–water partition coefficient (Wildman–Crippen LogP) is 2.32. The van der Waals surface area contributed by atoms with E-state index < -0.39 is 0 Å². The number of nitrogens with two attached hydrogens (primary N) is 1. The lowest BCUT2D eigenvalue weighted by atomic mass is 10.4. The first-order valence-electron chi connectivity index (χ1n) is 5.76. The lowest BCUT2D eigenvalue weighted by Crippen LogP contribution is -2.02. The molecule has 0 atom stereocenters. The van der Waals surface area contributed by atoms with E-state index in [9.17, 15) is 0 Å². The lowest BCUT2D eigenvalue weighted by Gasteiger charge is -2.06. The van der Waals surface area contributed by atoms with Crippen LogP contribution in [-0.2, 0) is 6.54 Å². The van der Waals surface area contributed by atoms with E-state index in [1.54, 1.807) is 11.8 Å². The van der Waals surface area contributed by atoms with Crippen LogP contribution in [-0.4, -0.2) is 24.8 Å². The molecule has 2 N–H and O–H groups in total. The van der Waals surface area contributed by atoms with Gasteiger partial charge in [0.05, 0.1) is 6.33 Å². The summed E-state index contributed by atoms with van der Waals surface area (Å²) in [5, 5.41) is 1.32. The Hall–Kier alpha value is -1.30. The Labute approximate surface area is 105 Å². The highest BCUT2D eigenvalue weighted by atomic mass is 32.2. The smallest absolute Gasteiger partial charge is 0.223 e. The molecular formula is C11H17N5S. The van der Waals surface area contributed by atoms with Crippen molar-refractivity contribution in [1.82, 2.24) is 19.5 Å². The summed E-state index contributed by atoms with van der Waals surface area (Å²) in [4.78, 5) is 12.9. The number of imidazole rings is 1. The van der Waals surface area contributed by atoms with Gasteiger partial charge in [-0.25, -0.2) is 9.97 Å². The van der Waals surface area contributed by atoms with Crippen molar-refractivity contribution in [3.05, 3.63) is 6.33 Å². The first-order valence-corrected chi connectivity index (χ1v) is 6.64. The Morgan fingerprint density at radius 2 is 2.18 bits per heavy atom. The van der Waals surface area contributed by atoms with Crippen LogP contribution < -0.4 is 5.73 Å². The fraction of sp³-hybridized carbons (Fsp3) is 0.545. The fourth-order valence-corrected chi connectivity index (χ4v) is 2.49. The van der Waals surface area contributed by atoms with Crippen LogP contribution in [0.2, 0.25) is 0 Å². The number of nitrogen functional groups attached to an aromatic ring is 1. The Bertz CT molecular complexity index is 520. The van der Waals surface area contributed by atoms with Crippen LogP contribution in [0.25, 0.3) is 11.2 Å². The van der Waals surface area contributed by atoms with Gasteiger partial charge in [0.25, 0.3) is 0 Å². The second-order valence-corrected chi connectivity index (χ2v) is 5.73. The lowest BCUT2D eigenvalue weighted by molar-refractivity contribution is 0.691. The number of thioether (sulfide) groups is 1. The standard InChI is InChI=1S/C11H17N5S/c1-4-5-16-6-13-8-9(16)14-11(12)15-10(8)17-7(2)3/h6-7H,4-5H2,1-3H3,(H2,12,14,15). The highest BCUT2D eigenvalue weighted by molar-refractivity contribution is 8.00. The summed E-state index contributed by atoms with van der Waals surface area (Å²) in [6.07, 6.45) is 2.86. The molecular weight excluding hydrogens is 234 g/mol. The summed E-state index contributed by atoms with van der Waals surface area (Å²) >= 11 is 1.67. The molecule has 2 heterocycles. The Morgan fingerprint density at radius 3 is 2.82 bits per heavy atom. The Balaban J connectivity index is 2.53. The average molecular weight is 251 g/mol. The van der Waals surface area contributed by atoms with Gasteiger partial charge in [-0.05, 0) is 6.42 Å². The van der Waals surface area contributed by atoms with E-state index >= 15 is 0 Å². The maximum Gasteiger partial charge on any atom is 0.223 e. The minimum atomic E-state index is 0.318.